The van der Waals surface area contributed by atoms with Crippen LogP contribution in [0.1, 0.15) is 20.9 Å². The Morgan fingerprint density at radius 3 is 2.69 bits per heavy atom. The molecule has 0 saturated heterocycles. The van der Waals surface area contributed by atoms with Crippen LogP contribution >= 0.6 is 11.3 Å². The Morgan fingerprint density at radius 1 is 1.23 bits per heavy atom. The molecule has 0 radical (unpaired) electrons. The molecule has 6 heteroatoms. The van der Waals surface area contributed by atoms with E-state index >= 15 is 0 Å². The molecule has 0 saturated carbocycles. The fourth-order valence-corrected chi connectivity index (χ4v) is 3.48. The van der Waals surface area contributed by atoms with E-state index in [1.165, 1.54) is 4.88 Å². The highest BCUT2D eigenvalue weighted by atomic mass is 32.1. The van der Waals surface area contributed by atoms with Crippen molar-refractivity contribution in [1.29, 1.82) is 0 Å². The Bertz CT molecular complexity index is 851. The van der Waals surface area contributed by atoms with Crippen LogP contribution in [0.15, 0.2) is 54.0 Å². The van der Waals surface area contributed by atoms with Gasteiger partial charge in [-0.2, -0.15) is 0 Å². The summed E-state index contributed by atoms with van der Waals surface area (Å²) in [5.41, 5.74) is 2.01. The standard InChI is InChI=1S/C20H21N3O2S/c1-14-18(12-21-19(23-14)16-6-3-2-4-7-16)20(25)22-11-15(13-24)10-17-8-5-9-26-17/h2-9,12,15,24H,10-11,13H2,1H3,(H,22,25)/t15-/m1/s1. The fourth-order valence-electron chi connectivity index (χ4n) is 2.66. The van der Waals surface area contributed by atoms with Gasteiger partial charge < -0.3 is 10.4 Å². The van der Waals surface area contributed by atoms with Gasteiger partial charge in [0, 0.05) is 35.7 Å². The third-order valence-corrected chi connectivity index (χ3v) is 5.03. The molecule has 5 nitrogen and oxygen atoms in total. The minimum absolute atomic E-state index is 0.0117. The minimum Gasteiger partial charge on any atom is -0.396 e. The molecule has 26 heavy (non-hydrogen) atoms. The number of nitrogens with zero attached hydrogens (tertiary/aromatic N) is 2. The monoisotopic (exact) mass is 367 g/mol. The molecule has 0 bridgehead atoms. The molecule has 1 atom stereocenters. The van der Waals surface area contributed by atoms with Crippen LogP contribution in [0.25, 0.3) is 11.4 Å². The zero-order valence-corrected chi connectivity index (χ0v) is 15.4. The van der Waals surface area contributed by atoms with Gasteiger partial charge in [0.25, 0.3) is 5.91 Å². The maximum absolute atomic E-state index is 12.5. The van der Waals surface area contributed by atoms with Crippen molar-refractivity contribution in [3.63, 3.8) is 0 Å². The molecule has 134 valence electrons. The van der Waals surface area contributed by atoms with Crippen LogP contribution in [0.2, 0.25) is 0 Å². The molecule has 0 unspecified atom stereocenters. The van der Waals surface area contributed by atoms with Crippen molar-refractivity contribution < 1.29 is 9.90 Å². The van der Waals surface area contributed by atoms with Gasteiger partial charge in [-0.15, -0.1) is 11.3 Å². The number of thiophene rings is 1. The second-order valence-electron chi connectivity index (χ2n) is 6.10. The number of benzene rings is 1. The van der Waals surface area contributed by atoms with Gasteiger partial charge in [-0.25, -0.2) is 9.97 Å². The fraction of sp³-hybridized carbons (Fsp3) is 0.250. The zero-order chi connectivity index (χ0) is 18.4. The summed E-state index contributed by atoms with van der Waals surface area (Å²) in [4.78, 5) is 22.4. The lowest BCUT2D eigenvalue weighted by molar-refractivity contribution is 0.0938. The van der Waals surface area contributed by atoms with Crippen LogP contribution in [-0.4, -0.2) is 34.1 Å². The van der Waals surface area contributed by atoms with Crippen molar-refractivity contribution in [1.82, 2.24) is 15.3 Å². The summed E-state index contributed by atoms with van der Waals surface area (Å²) in [6, 6.07) is 13.7. The van der Waals surface area contributed by atoms with E-state index in [0.29, 0.717) is 23.6 Å². The van der Waals surface area contributed by atoms with Gasteiger partial charge >= 0.3 is 0 Å². The largest absolute Gasteiger partial charge is 0.396 e. The van der Waals surface area contributed by atoms with E-state index in [1.807, 2.05) is 47.8 Å². The predicted molar refractivity (Wildman–Crippen MR) is 103 cm³/mol. The number of hydrogen-bond donors (Lipinski definition) is 2. The molecular formula is C20H21N3O2S. The average molecular weight is 367 g/mol. The van der Waals surface area contributed by atoms with Gasteiger partial charge in [-0.1, -0.05) is 36.4 Å². The highest BCUT2D eigenvalue weighted by Crippen LogP contribution is 2.16. The van der Waals surface area contributed by atoms with Crippen molar-refractivity contribution in [2.45, 2.75) is 13.3 Å². The number of amides is 1. The first-order valence-electron chi connectivity index (χ1n) is 8.48. The van der Waals surface area contributed by atoms with E-state index in [4.69, 9.17) is 0 Å². The Kier molecular flexibility index (Phi) is 6.09. The number of carbonyl (C=O) groups is 1. The van der Waals surface area contributed by atoms with Crippen LogP contribution < -0.4 is 5.32 Å². The SMILES string of the molecule is Cc1nc(-c2ccccc2)ncc1C(=O)NC[C@H](CO)Cc1cccs1. The molecule has 0 fully saturated rings. The van der Waals surface area contributed by atoms with E-state index in [-0.39, 0.29) is 18.4 Å². The summed E-state index contributed by atoms with van der Waals surface area (Å²) >= 11 is 1.66. The average Bonchev–Trinajstić information content (AvgIpc) is 3.18. The van der Waals surface area contributed by atoms with Crippen LogP contribution in [0, 0.1) is 12.8 Å². The van der Waals surface area contributed by atoms with Gasteiger partial charge in [0.05, 0.1) is 11.3 Å². The van der Waals surface area contributed by atoms with Crippen LogP contribution in [0.5, 0.6) is 0 Å². The smallest absolute Gasteiger partial charge is 0.254 e. The zero-order valence-electron chi connectivity index (χ0n) is 14.6. The van der Waals surface area contributed by atoms with Crippen LogP contribution in [0.4, 0.5) is 0 Å². The van der Waals surface area contributed by atoms with E-state index in [1.54, 1.807) is 24.5 Å². The first-order chi connectivity index (χ1) is 12.7. The maximum atomic E-state index is 12.5. The van der Waals surface area contributed by atoms with Crippen molar-refractivity contribution in [3.8, 4) is 11.4 Å². The molecule has 0 aliphatic carbocycles. The number of carbonyl (C=O) groups excluding carboxylic acids is 1. The Morgan fingerprint density at radius 2 is 2.04 bits per heavy atom. The number of nitrogens with one attached hydrogen (secondary N) is 1. The summed E-state index contributed by atoms with van der Waals surface area (Å²) in [6.45, 7) is 2.24. The van der Waals surface area contributed by atoms with Gasteiger partial charge in [0.15, 0.2) is 5.82 Å². The lowest BCUT2D eigenvalue weighted by Gasteiger charge is -2.15. The first kappa shape index (κ1) is 18.2. The predicted octanol–water partition coefficient (Wildman–Crippen LogP) is 3.09. The molecule has 2 heterocycles. The third-order valence-electron chi connectivity index (χ3n) is 4.14. The molecule has 2 aromatic heterocycles. The second-order valence-corrected chi connectivity index (χ2v) is 7.13. The number of aliphatic hydroxyl groups is 1. The van der Waals surface area contributed by atoms with Crippen molar-refractivity contribution in [3.05, 3.63) is 70.2 Å². The van der Waals surface area contributed by atoms with Gasteiger partial charge in [0.1, 0.15) is 0 Å². The summed E-state index contributed by atoms with van der Waals surface area (Å²) in [5.74, 6) is 0.375. The third kappa shape index (κ3) is 4.53. The summed E-state index contributed by atoms with van der Waals surface area (Å²) < 4.78 is 0. The topological polar surface area (TPSA) is 75.1 Å². The molecule has 0 aliphatic heterocycles. The Hall–Kier alpha value is -2.57. The molecule has 3 rings (SSSR count). The Balaban J connectivity index is 1.64. The van der Waals surface area contributed by atoms with Gasteiger partial charge in [-0.3, -0.25) is 4.79 Å². The van der Waals surface area contributed by atoms with E-state index in [2.05, 4.69) is 15.3 Å². The Labute approximate surface area is 156 Å². The quantitative estimate of drug-likeness (QED) is 0.673. The number of aromatic nitrogens is 2. The van der Waals surface area contributed by atoms with Gasteiger partial charge in [0.2, 0.25) is 0 Å². The molecule has 1 aromatic carbocycles. The summed E-state index contributed by atoms with van der Waals surface area (Å²) in [6.07, 6.45) is 2.31. The van der Waals surface area contributed by atoms with E-state index < -0.39 is 0 Å². The van der Waals surface area contributed by atoms with Gasteiger partial charge in [-0.05, 0) is 24.8 Å². The van der Waals surface area contributed by atoms with Crippen LogP contribution in [-0.2, 0) is 6.42 Å². The number of aryl methyl sites for hydroxylation is 1. The van der Waals surface area contributed by atoms with E-state index in [9.17, 15) is 9.90 Å². The molecule has 1 amide bonds. The molecular weight excluding hydrogens is 346 g/mol. The maximum Gasteiger partial charge on any atom is 0.254 e. The van der Waals surface area contributed by atoms with Crippen molar-refractivity contribution in [2.24, 2.45) is 5.92 Å². The minimum atomic E-state index is -0.216. The highest BCUT2D eigenvalue weighted by molar-refractivity contribution is 7.09. The number of aliphatic hydroxyl groups excluding tert-OH is 1. The van der Waals surface area contributed by atoms with Crippen molar-refractivity contribution in [2.75, 3.05) is 13.2 Å². The molecule has 0 spiro atoms. The summed E-state index contributed by atoms with van der Waals surface area (Å²) in [7, 11) is 0. The molecule has 2 N–H and O–H groups in total. The first-order valence-corrected chi connectivity index (χ1v) is 9.36. The van der Waals surface area contributed by atoms with Crippen molar-refractivity contribution >= 4 is 17.2 Å². The molecule has 3 aromatic rings. The lowest BCUT2D eigenvalue weighted by Crippen LogP contribution is -2.32. The lowest BCUT2D eigenvalue weighted by atomic mass is 10.1. The molecule has 0 aliphatic rings. The second kappa shape index (κ2) is 8.69. The number of rotatable bonds is 7. The van der Waals surface area contributed by atoms with E-state index in [0.717, 1.165) is 12.0 Å². The summed E-state index contributed by atoms with van der Waals surface area (Å²) in [5, 5.41) is 14.5. The highest BCUT2D eigenvalue weighted by Gasteiger charge is 2.15. The van der Waals surface area contributed by atoms with Crippen LogP contribution in [0.3, 0.4) is 0 Å². The number of hydrogen-bond acceptors (Lipinski definition) is 5. The normalized spacial score (nSPS) is 11.9.